The Balaban J connectivity index is 0.000000307. The Morgan fingerprint density at radius 3 is 1.56 bits per heavy atom. The molecule has 0 saturated carbocycles. The van der Waals surface area contributed by atoms with Gasteiger partial charge in [0, 0.05) is 57.0 Å². The van der Waals surface area contributed by atoms with Gasteiger partial charge in [0.2, 0.25) is 19.1 Å². The van der Waals surface area contributed by atoms with E-state index >= 15 is 0 Å². The number of benzene rings is 4. The van der Waals surface area contributed by atoms with Crippen LogP contribution in [0.1, 0.15) is 92.0 Å². The Morgan fingerprint density at radius 1 is 0.684 bits per heavy atom. The molecule has 2 unspecified atom stereocenters. The predicted molar refractivity (Wildman–Crippen MR) is 258 cm³/mol. The van der Waals surface area contributed by atoms with Gasteiger partial charge in [0.25, 0.3) is 0 Å². The van der Waals surface area contributed by atoms with Gasteiger partial charge in [-0.05, 0) is 73.2 Å². The van der Waals surface area contributed by atoms with Crippen LogP contribution in [0.3, 0.4) is 0 Å². The molecule has 8 rings (SSSR count). The summed E-state index contributed by atoms with van der Waals surface area (Å²) in [4.78, 5) is 7.12. The molecule has 2 atom stereocenters. The van der Waals surface area contributed by atoms with Crippen molar-refractivity contribution in [3.8, 4) is 0 Å². The van der Waals surface area contributed by atoms with Crippen LogP contribution in [0.2, 0.25) is 0 Å². The minimum absolute atomic E-state index is 0. The van der Waals surface area contributed by atoms with Crippen LogP contribution in [-0.2, 0) is 31.9 Å². The topological polar surface area (TPSA) is 115 Å². The van der Waals surface area contributed by atoms with E-state index in [9.17, 15) is 16.8 Å². The summed E-state index contributed by atoms with van der Waals surface area (Å²) in [6, 6.07) is 33.5. The van der Waals surface area contributed by atoms with Gasteiger partial charge in [0.1, 0.15) is 0 Å². The van der Waals surface area contributed by atoms with E-state index in [1.807, 2.05) is 58.0 Å². The number of aromatic nitrogens is 2. The number of halogens is 4. The Hall–Kier alpha value is -1.74. The fourth-order valence-corrected chi connectivity index (χ4v) is 8.01. The molecule has 2 aliphatic heterocycles. The van der Waals surface area contributed by atoms with Crippen LogP contribution in [0.15, 0.2) is 97.1 Å². The van der Waals surface area contributed by atoms with Crippen molar-refractivity contribution in [3.63, 3.8) is 0 Å². The van der Waals surface area contributed by atoms with Crippen molar-refractivity contribution in [1.29, 1.82) is 0 Å². The molecule has 3 N–H and O–H groups in total. The molecule has 2 aromatic heterocycles. The van der Waals surface area contributed by atoms with E-state index in [2.05, 4.69) is 144 Å². The molecule has 57 heavy (non-hydrogen) atoms. The van der Waals surface area contributed by atoms with Crippen LogP contribution in [0.4, 0.5) is 0 Å². The summed E-state index contributed by atoms with van der Waals surface area (Å²) in [5, 5.41) is 6.23. The number of aromatic amines is 2. The maximum absolute atomic E-state index is 12.4. The quantitative estimate of drug-likeness (QED) is 0.121. The Labute approximate surface area is 375 Å². The molecule has 4 aromatic carbocycles. The van der Waals surface area contributed by atoms with Gasteiger partial charge in [-0.3, -0.25) is 0 Å². The van der Waals surface area contributed by atoms with Gasteiger partial charge in [-0.2, -0.15) is 4.31 Å². The summed E-state index contributed by atoms with van der Waals surface area (Å²) in [7, 11) is -1.99. The van der Waals surface area contributed by atoms with E-state index in [1.165, 1.54) is 56.1 Å². The van der Waals surface area contributed by atoms with E-state index < -0.39 is 19.1 Å². The molecule has 8 nitrogen and oxygen atoms in total. The van der Waals surface area contributed by atoms with Crippen molar-refractivity contribution in [1.82, 2.24) is 19.6 Å². The molecular weight excluding hydrogens is 1120 g/mol. The summed E-state index contributed by atoms with van der Waals surface area (Å²) in [5.41, 5.74) is 12.2. The number of hydrogen-bond donors (Lipinski definition) is 3. The molecule has 314 valence electrons. The van der Waals surface area contributed by atoms with E-state index in [4.69, 9.17) is 0 Å². The van der Waals surface area contributed by atoms with E-state index in [1.54, 1.807) is 4.31 Å². The maximum atomic E-state index is 12.4. The number of fused-ring (bicyclic) bond motifs is 6. The summed E-state index contributed by atoms with van der Waals surface area (Å²) in [6.45, 7) is 13.8. The van der Waals surface area contributed by atoms with Crippen LogP contribution in [-0.4, -0.2) is 56.7 Å². The Kier molecular flexibility index (Phi) is 22.1. The fraction of sp³-hybridized carbons (Fsp3) is 0.349. The molecule has 2 aliphatic rings. The number of nitrogens with zero attached hydrogens (tertiary/aromatic N) is 1. The second kappa shape index (κ2) is 24.5. The van der Waals surface area contributed by atoms with Crippen LogP contribution in [0.5, 0.6) is 0 Å². The van der Waals surface area contributed by atoms with Crippen LogP contribution in [0.25, 0.3) is 21.8 Å². The second-order valence-corrected chi connectivity index (χ2v) is 34.1. The summed E-state index contributed by atoms with van der Waals surface area (Å²) < 4.78 is 45.1. The van der Waals surface area contributed by atoms with Crippen molar-refractivity contribution in [2.75, 3.05) is 25.6 Å². The van der Waals surface area contributed by atoms with E-state index in [0.29, 0.717) is 19.8 Å². The zero-order valence-corrected chi connectivity index (χ0v) is 42.0. The molecule has 0 bridgehead atoms. The zero-order valence-electron chi connectivity index (χ0n) is 33.1. The number of H-pyrrole nitrogens is 2. The van der Waals surface area contributed by atoms with Gasteiger partial charge in [-0.25, -0.2) is 16.8 Å². The summed E-state index contributed by atoms with van der Waals surface area (Å²) in [5.74, 6) is 0. The average Bonchev–Trinajstić information content (AvgIpc) is 3.74. The van der Waals surface area contributed by atoms with Gasteiger partial charge in [0.15, 0.2) is 0 Å². The van der Waals surface area contributed by atoms with Crippen molar-refractivity contribution in [2.45, 2.75) is 73.9 Å². The molecule has 14 heteroatoms. The van der Waals surface area contributed by atoms with E-state index in [0.717, 1.165) is 42.4 Å². The normalized spacial score (nSPS) is 15.8. The Bertz CT molecular complexity index is 2350. The SMILES string of the molecule is C.CC.CC.CS(=O)(=O)Cl.Cc1ccc2[nH]c3c(c2c1)CCN(S(C)(=O)=O)C3c1ccccc1.Cc1ccc2[nH]c3c(c2c1)CCNC3c1ccccc1.I[I-]I. The number of nitrogens with one attached hydrogen (secondary N) is 3. The summed E-state index contributed by atoms with van der Waals surface area (Å²) >= 11 is 5.30. The molecule has 0 saturated heterocycles. The van der Waals surface area contributed by atoms with Crippen molar-refractivity contribution in [3.05, 3.63) is 142 Å². The monoisotopic (exact) mass is 1170 g/mol. The third kappa shape index (κ3) is 14.5. The van der Waals surface area contributed by atoms with Crippen molar-refractivity contribution < 1.29 is 30.1 Å². The van der Waals surface area contributed by atoms with Gasteiger partial charge in [-0.1, -0.05) is 119 Å². The first-order valence-electron chi connectivity index (χ1n) is 18.5. The van der Waals surface area contributed by atoms with Gasteiger partial charge < -0.3 is 15.3 Å². The van der Waals surface area contributed by atoms with Gasteiger partial charge in [-0.15, -0.1) is 0 Å². The molecule has 4 heterocycles. The summed E-state index contributed by atoms with van der Waals surface area (Å²) in [6.07, 6.45) is 4.05. The van der Waals surface area contributed by atoms with E-state index in [-0.39, 0.29) is 19.5 Å². The number of rotatable bonds is 3. The first-order valence-corrected chi connectivity index (χ1v) is 35.6. The molecule has 0 fully saturated rings. The number of sulfonamides is 1. The average molecular weight is 1170 g/mol. The zero-order chi connectivity index (χ0) is 41.6. The predicted octanol–water partition coefficient (Wildman–Crippen LogP) is 8.74. The Morgan fingerprint density at radius 2 is 1.11 bits per heavy atom. The third-order valence-corrected chi connectivity index (χ3v) is 10.3. The third-order valence-electron chi connectivity index (χ3n) is 9.02. The minimum atomic E-state index is -3.30. The molecule has 0 aliphatic carbocycles. The fourth-order valence-electron chi connectivity index (χ4n) is 6.98. The number of aryl methyl sites for hydroxylation is 2. The molecule has 0 spiro atoms. The molecule has 0 amide bonds. The molecule has 0 radical (unpaired) electrons. The van der Waals surface area contributed by atoms with Gasteiger partial charge in [0.05, 0.1) is 24.6 Å². The first-order chi connectivity index (χ1) is 26.7. The van der Waals surface area contributed by atoms with Crippen LogP contribution in [0, 0.1) is 13.8 Å². The van der Waals surface area contributed by atoms with Crippen molar-refractivity contribution in [2.24, 2.45) is 0 Å². The van der Waals surface area contributed by atoms with Crippen LogP contribution >= 0.6 is 47.9 Å². The second-order valence-electron chi connectivity index (χ2n) is 12.9. The molecular formula is C43H57ClI3N4O4S2-. The number of hydrogen-bond acceptors (Lipinski definition) is 5. The first kappa shape index (κ1) is 51.4. The van der Waals surface area contributed by atoms with Crippen LogP contribution < -0.4 is 18.6 Å². The standard InChI is InChI=1S/C19H20N2O2S.C18H18N2.2C2H6.CH3ClO2S.CH4.I3/c1-13-8-9-17-16(12-13)15-10-11-21(24(2,22)23)19(18(15)20-17)14-6-4-3-5-7-14;1-12-7-8-16-15(11-12)14-9-10-19-17(18(14)20-16)13-5-3-2-4-6-13;2*1-2;1-5(2,3)4;;1-3-2/h3-9,12,19-20H,10-11H2,1-2H3;2-8,11,17,19-20H,9-10H2,1H3;2*1-2H3;1H3;1H4;/q;;;;;;-1. The molecule has 6 aromatic rings. The van der Waals surface area contributed by atoms with Crippen molar-refractivity contribution >= 4 is 88.8 Å². The van der Waals surface area contributed by atoms with Gasteiger partial charge >= 0.3 is 50.5 Å².